The minimum Gasteiger partial charge on any atom is -0.461 e. The van der Waals surface area contributed by atoms with Crippen LogP contribution in [-0.2, 0) is 0 Å². The van der Waals surface area contributed by atoms with Crippen molar-refractivity contribution in [3.8, 4) is 6.01 Å². The van der Waals surface area contributed by atoms with Crippen LogP contribution in [0.5, 0.6) is 6.01 Å². The monoisotopic (exact) mass is 296 g/mol. The van der Waals surface area contributed by atoms with E-state index in [0.29, 0.717) is 17.9 Å². The van der Waals surface area contributed by atoms with Gasteiger partial charge in [-0.25, -0.2) is 5.84 Å². The zero-order valence-electron chi connectivity index (χ0n) is 13.6. The van der Waals surface area contributed by atoms with Gasteiger partial charge in [-0.2, -0.15) is 15.0 Å². The molecule has 120 valence electrons. The van der Waals surface area contributed by atoms with Crippen molar-refractivity contribution in [1.29, 1.82) is 0 Å². The molecule has 0 saturated heterocycles. The van der Waals surface area contributed by atoms with Crippen molar-refractivity contribution >= 4 is 11.9 Å². The zero-order valence-corrected chi connectivity index (χ0v) is 13.6. The number of ether oxygens (including phenoxy) is 1. The maximum Gasteiger partial charge on any atom is 0.323 e. The third-order valence-electron chi connectivity index (χ3n) is 2.92. The molecule has 7 nitrogen and oxygen atoms in total. The molecule has 0 aliphatic rings. The van der Waals surface area contributed by atoms with E-state index in [1.807, 2.05) is 13.8 Å². The fourth-order valence-electron chi connectivity index (χ4n) is 1.83. The number of hydrazine groups is 1. The maximum atomic E-state index is 5.57. The third kappa shape index (κ3) is 6.12. The second-order valence-corrected chi connectivity index (χ2v) is 5.25. The highest BCUT2D eigenvalue weighted by molar-refractivity contribution is 5.37. The Morgan fingerprint density at radius 2 is 1.71 bits per heavy atom. The number of unbranched alkanes of at least 4 members (excludes halogenated alkanes) is 2. The highest BCUT2D eigenvalue weighted by Crippen LogP contribution is 2.17. The van der Waals surface area contributed by atoms with E-state index in [4.69, 9.17) is 10.6 Å². The topological polar surface area (TPSA) is 89.2 Å². The summed E-state index contributed by atoms with van der Waals surface area (Å²) in [4.78, 5) is 15.1. The van der Waals surface area contributed by atoms with Gasteiger partial charge in [0.15, 0.2) is 0 Å². The first kappa shape index (κ1) is 17.4. The number of aromatic nitrogens is 3. The highest BCUT2D eigenvalue weighted by atomic mass is 16.5. The van der Waals surface area contributed by atoms with Crippen LogP contribution in [0.15, 0.2) is 0 Å². The largest absolute Gasteiger partial charge is 0.461 e. The molecule has 0 aliphatic carbocycles. The molecule has 0 saturated carbocycles. The summed E-state index contributed by atoms with van der Waals surface area (Å²) in [6.07, 6.45) is 4.46. The smallest absolute Gasteiger partial charge is 0.323 e. The Bertz CT molecular complexity index is 404. The molecule has 21 heavy (non-hydrogen) atoms. The highest BCUT2D eigenvalue weighted by Gasteiger charge is 2.14. The molecule has 0 unspecified atom stereocenters. The first-order chi connectivity index (χ1) is 10.1. The summed E-state index contributed by atoms with van der Waals surface area (Å²) in [5.74, 6) is 6.39. The van der Waals surface area contributed by atoms with E-state index >= 15 is 0 Å². The van der Waals surface area contributed by atoms with Gasteiger partial charge >= 0.3 is 6.01 Å². The van der Waals surface area contributed by atoms with Crippen LogP contribution in [0.25, 0.3) is 0 Å². The van der Waals surface area contributed by atoms with Crippen LogP contribution >= 0.6 is 0 Å². The van der Waals surface area contributed by atoms with Crippen molar-refractivity contribution < 1.29 is 4.74 Å². The van der Waals surface area contributed by atoms with Crippen LogP contribution in [0.1, 0.15) is 53.4 Å². The quantitative estimate of drug-likeness (QED) is 0.506. The first-order valence-electron chi connectivity index (χ1n) is 7.75. The summed E-state index contributed by atoms with van der Waals surface area (Å²) in [6.45, 7) is 10.1. The van der Waals surface area contributed by atoms with E-state index in [1.165, 1.54) is 0 Å². The molecular weight excluding hydrogens is 268 g/mol. The number of nitrogens with one attached hydrogen (secondary N) is 1. The van der Waals surface area contributed by atoms with Crippen LogP contribution in [-0.4, -0.2) is 34.1 Å². The number of nitrogen functional groups attached to an aromatic ring is 1. The van der Waals surface area contributed by atoms with Crippen molar-refractivity contribution in [1.82, 2.24) is 15.0 Å². The molecule has 0 spiro atoms. The van der Waals surface area contributed by atoms with Gasteiger partial charge in [-0.1, -0.05) is 26.7 Å². The summed E-state index contributed by atoms with van der Waals surface area (Å²) in [5.41, 5.74) is 2.48. The Morgan fingerprint density at radius 1 is 1.10 bits per heavy atom. The molecule has 0 bridgehead atoms. The minimum absolute atomic E-state index is 0.00519. The van der Waals surface area contributed by atoms with E-state index in [9.17, 15) is 0 Å². The van der Waals surface area contributed by atoms with E-state index in [2.05, 4.69) is 39.1 Å². The van der Waals surface area contributed by atoms with Gasteiger partial charge in [-0.05, 0) is 26.7 Å². The molecule has 0 amide bonds. The molecule has 1 aromatic heterocycles. The van der Waals surface area contributed by atoms with Crippen molar-refractivity contribution in [3.05, 3.63) is 0 Å². The first-order valence-corrected chi connectivity index (χ1v) is 7.75. The number of hydrogen-bond acceptors (Lipinski definition) is 7. The molecule has 0 atom stereocenters. The van der Waals surface area contributed by atoms with Gasteiger partial charge in [-0.15, -0.1) is 0 Å². The Morgan fingerprint density at radius 3 is 2.19 bits per heavy atom. The molecule has 0 aliphatic heterocycles. The van der Waals surface area contributed by atoms with Crippen LogP contribution in [0.2, 0.25) is 0 Å². The standard InChI is InChI=1S/C14H28N6O/c1-5-7-9-20(10-8-6-2)13-16-12(19-15)17-14(18-13)21-11(3)4/h11H,5-10,15H2,1-4H3,(H,16,17,18,19). The summed E-state index contributed by atoms with van der Waals surface area (Å²) in [5, 5.41) is 0. The lowest BCUT2D eigenvalue weighted by molar-refractivity contribution is 0.222. The van der Waals surface area contributed by atoms with Crippen LogP contribution in [0.4, 0.5) is 11.9 Å². The number of anilines is 2. The van der Waals surface area contributed by atoms with Gasteiger partial charge in [0, 0.05) is 13.1 Å². The summed E-state index contributed by atoms with van der Waals surface area (Å²) >= 11 is 0. The molecule has 3 N–H and O–H groups in total. The normalized spacial score (nSPS) is 10.8. The van der Waals surface area contributed by atoms with Gasteiger partial charge in [0.25, 0.3) is 0 Å². The van der Waals surface area contributed by atoms with Crippen LogP contribution < -0.4 is 20.9 Å². The molecule has 1 aromatic rings. The Labute approximate surface area is 127 Å². The molecule has 0 fully saturated rings. The SMILES string of the molecule is CCCCN(CCCC)c1nc(NN)nc(OC(C)C)n1. The lowest BCUT2D eigenvalue weighted by atomic mass is 10.3. The Kier molecular flexibility index (Phi) is 7.74. The second-order valence-electron chi connectivity index (χ2n) is 5.25. The van der Waals surface area contributed by atoms with E-state index < -0.39 is 0 Å². The summed E-state index contributed by atoms with van der Waals surface area (Å²) in [6, 6.07) is 0.306. The second kappa shape index (κ2) is 9.33. The fraction of sp³-hybridized carbons (Fsp3) is 0.786. The van der Waals surface area contributed by atoms with Gasteiger partial charge in [0.2, 0.25) is 11.9 Å². The molecular formula is C14H28N6O. The van der Waals surface area contributed by atoms with Gasteiger partial charge in [0.05, 0.1) is 6.10 Å². The van der Waals surface area contributed by atoms with Crippen molar-refractivity contribution in [3.63, 3.8) is 0 Å². The third-order valence-corrected chi connectivity index (χ3v) is 2.92. The zero-order chi connectivity index (χ0) is 15.7. The lowest BCUT2D eigenvalue weighted by Crippen LogP contribution is -2.29. The van der Waals surface area contributed by atoms with Crippen LogP contribution in [0.3, 0.4) is 0 Å². The average molecular weight is 296 g/mol. The summed E-state index contributed by atoms with van der Waals surface area (Å²) < 4.78 is 5.57. The van der Waals surface area contributed by atoms with Gasteiger partial charge in [0.1, 0.15) is 0 Å². The predicted molar refractivity (Wildman–Crippen MR) is 85.4 cm³/mol. The van der Waals surface area contributed by atoms with E-state index in [-0.39, 0.29) is 6.10 Å². The van der Waals surface area contributed by atoms with Crippen LogP contribution in [0, 0.1) is 0 Å². The Balaban J connectivity index is 2.97. The van der Waals surface area contributed by atoms with E-state index in [1.54, 1.807) is 0 Å². The predicted octanol–water partition coefficient (Wildman–Crippen LogP) is 2.35. The van der Waals surface area contributed by atoms with Crippen molar-refractivity contribution in [2.45, 2.75) is 59.5 Å². The van der Waals surface area contributed by atoms with Gasteiger partial charge < -0.3 is 9.64 Å². The maximum absolute atomic E-state index is 5.57. The van der Waals surface area contributed by atoms with Crippen molar-refractivity contribution in [2.24, 2.45) is 5.84 Å². The molecule has 0 radical (unpaired) electrons. The van der Waals surface area contributed by atoms with Gasteiger partial charge in [-0.3, -0.25) is 5.43 Å². The number of nitrogens with zero attached hydrogens (tertiary/aromatic N) is 4. The number of hydrogen-bond donors (Lipinski definition) is 2. The average Bonchev–Trinajstić information content (AvgIpc) is 2.46. The fourth-order valence-corrected chi connectivity index (χ4v) is 1.83. The summed E-state index contributed by atoms with van der Waals surface area (Å²) in [7, 11) is 0. The number of nitrogens with two attached hydrogens (primary N) is 1. The number of rotatable bonds is 10. The molecule has 0 aromatic carbocycles. The molecule has 1 rings (SSSR count). The van der Waals surface area contributed by atoms with E-state index in [0.717, 1.165) is 38.8 Å². The van der Waals surface area contributed by atoms with Crippen molar-refractivity contribution in [2.75, 3.05) is 23.4 Å². The Hall–Kier alpha value is -1.63. The molecule has 1 heterocycles. The minimum atomic E-state index is 0.00519. The lowest BCUT2D eigenvalue weighted by Gasteiger charge is -2.23. The molecule has 7 heteroatoms.